The van der Waals surface area contributed by atoms with E-state index >= 15 is 0 Å². The van der Waals surface area contributed by atoms with Crippen molar-refractivity contribution in [3.63, 3.8) is 0 Å². The van der Waals surface area contributed by atoms with Crippen LogP contribution in [0.1, 0.15) is 32.1 Å². The number of fused-ring (bicyclic) bond motifs is 1. The first-order valence-electron chi connectivity index (χ1n) is 6.20. The van der Waals surface area contributed by atoms with Crippen molar-refractivity contribution in [2.45, 2.75) is 49.9 Å². The zero-order valence-electron chi connectivity index (χ0n) is 9.44. The highest BCUT2D eigenvalue weighted by Gasteiger charge is 2.46. The van der Waals surface area contributed by atoms with Crippen molar-refractivity contribution < 1.29 is 13.2 Å². The highest BCUT2D eigenvalue weighted by Crippen LogP contribution is 2.38. The summed E-state index contributed by atoms with van der Waals surface area (Å²) >= 11 is 0. The van der Waals surface area contributed by atoms with Crippen LogP contribution in [0.2, 0.25) is 0 Å². The Morgan fingerprint density at radius 1 is 1.25 bits per heavy atom. The van der Waals surface area contributed by atoms with E-state index in [-0.39, 0.29) is 23.5 Å². The number of ether oxygens (including phenoxy) is 1. The van der Waals surface area contributed by atoms with E-state index in [2.05, 4.69) is 5.32 Å². The van der Waals surface area contributed by atoms with Crippen LogP contribution in [0.25, 0.3) is 0 Å². The molecule has 16 heavy (non-hydrogen) atoms. The summed E-state index contributed by atoms with van der Waals surface area (Å²) in [5.41, 5.74) is 0.0300. The van der Waals surface area contributed by atoms with Gasteiger partial charge in [-0.25, -0.2) is 8.42 Å². The molecule has 0 aromatic carbocycles. The molecule has 2 unspecified atom stereocenters. The van der Waals surface area contributed by atoms with Crippen LogP contribution < -0.4 is 5.32 Å². The van der Waals surface area contributed by atoms with Crippen LogP contribution in [-0.4, -0.2) is 44.2 Å². The van der Waals surface area contributed by atoms with Crippen molar-refractivity contribution in [3.8, 4) is 0 Å². The molecular weight excluding hydrogens is 226 g/mol. The molecule has 0 radical (unpaired) electrons. The van der Waals surface area contributed by atoms with Crippen molar-refractivity contribution in [1.82, 2.24) is 5.32 Å². The average Bonchev–Trinajstić information content (AvgIpc) is 2.67. The molecule has 3 rings (SSSR count). The fourth-order valence-electron chi connectivity index (χ4n) is 3.29. The highest BCUT2D eigenvalue weighted by molar-refractivity contribution is 7.91. The van der Waals surface area contributed by atoms with Crippen molar-refractivity contribution >= 4 is 9.84 Å². The molecule has 0 amide bonds. The molecular formula is C11H19NO3S. The number of hydrogen-bond acceptors (Lipinski definition) is 4. The Morgan fingerprint density at radius 2 is 2.00 bits per heavy atom. The molecule has 92 valence electrons. The first-order valence-corrected chi connectivity index (χ1v) is 8.02. The van der Waals surface area contributed by atoms with Gasteiger partial charge in [0.2, 0.25) is 0 Å². The summed E-state index contributed by atoms with van der Waals surface area (Å²) < 4.78 is 29.3. The Morgan fingerprint density at radius 3 is 2.75 bits per heavy atom. The normalized spacial score (nSPS) is 40.8. The Bertz CT molecular complexity index is 373. The van der Waals surface area contributed by atoms with Crippen LogP contribution in [-0.2, 0) is 14.6 Å². The molecule has 3 aliphatic rings. The standard InChI is InChI=1S/C11H19NO3S/c13-16(14)6-3-10-9(7-16)12-8-11(15-10)4-1-2-5-11/h9-10,12H,1-8H2. The Hall–Kier alpha value is -0.130. The number of rotatable bonds is 0. The minimum Gasteiger partial charge on any atom is -0.369 e. The van der Waals surface area contributed by atoms with E-state index in [0.717, 1.165) is 19.4 Å². The molecule has 3 fully saturated rings. The lowest BCUT2D eigenvalue weighted by atomic mass is 9.96. The van der Waals surface area contributed by atoms with E-state index in [1.54, 1.807) is 0 Å². The van der Waals surface area contributed by atoms with Gasteiger partial charge in [0.25, 0.3) is 0 Å². The molecule has 2 aliphatic heterocycles. The number of sulfone groups is 1. The van der Waals surface area contributed by atoms with E-state index in [0.29, 0.717) is 12.2 Å². The maximum Gasteiger partial charge on any atom is 0.152 e. The molecule has 5 heteroatoms. The first kappa shape index (κ1) is 11.0. The van der Waals surface area contributed by atoms with Crippen molar-refractivity contribution in [2.24, 2.45) is 0 Å². The number of morpholine rings is 1. The van der Waals surface area contributed by atoms with Gasteiger partial charge in [-0.15, -0.1) is 0 Å². The number of nitrogens with one attached hydrogen (secondary N) is 1. The van der Waals surface area contributed by atoms with Gasteiger partial charge in [-0.3, -0.25) is 0 Å². The van der Waals surface area contributed by atoms with Gasteiger partial charge >= 0.3 is 0 Å². The van der Waals surface area contributed by atoms with Crippen LogP contribution in [0.4, 0.5) is 0 Å². The van der Waals surface area contributed by atoms with Crippen molar-refractivity contribution in [2.75, 3.05) is 18.1 Å². The predicted octanol–water partition coefficient (Wildman–Crippen LogP) is 0.475. The lowest BCUT2D eigenvalue weighted by Gasteiger charge is -2.45. The minimum absolute atomic E-state index is 0.0300. The first-order chi connectivity index (χ1) is 7.59. The zero-order valence-corrected chi connectivity index (χ0v) is 10.3. The number of hydrogen-bond donors (Lipinski definition) is 1. The fraction of sp³-hybridized carbons (Fsp3) is 1.00. The molecule has 1 saturated carbocycles. The topological polar surface area (TPSA) is 55.4 Å². The van der Waals surface area contributed by atoms with Crippen LogP contribution in [0, 0.1) is 0 Å². The highest BCUT2D eigenvalue weighted by atomic mass is 32.2. The summed E-state index contributed by atoms with van der Waals surface area (Å²) in [7, 11) is -2.83. The molecule has 4 nitrogen and oxygen atoms in total. The van der Waals surface area contributed by atoms with Gasteiger partial charge in [0.05, 0.1) is 23.2 Å². The second kappa shape index (κ2) is 3.68. The monoisotopic (exact) mass is 245 g/mol. The van der Waals surface area contributed by atoms with E-state index in [9.17, 15) is 8.42 Å². The molecule has 2 atom stereocenters. The average molecular weight is 245 g/mol. The van der Waals surface area contributed by atoms with Crippen LogP contribution >= 0.6 is 0 Å². The maximum absolute atomic E-state index is 11.5. The molecule has 1 aliphatic carbocycles. The molecule has 0 aromatic heterocycles. The minimum atomic E-state index is -2.83. The summed E-state index contributed by atoms with van der Waals surface area (Å²) in [5.74, 6) is 0.555. The van der Waals surface area contributed by atoms with Gasteiger partial charge in [-0.2, -0.15) is 0 Å². The Kier molecular flexibility index (Phi) is 2.53. The van der Waals surface area contributed by atoms with Gasteiger partial charge in [0, 0.05) is 12.6 Å². The van der Waals surface area contributed by atoms with Gasteiger partial charge < -0.3 is 10.1 Å². The van der Waals surface area contributed by atoms with E-state index < -0.39 is 9.84 Å². The molecule has 1 N–H and O–H groups in total. The molecule has 1 spiro atoms. The van der Waals surface area contributed by atoms with Crippen LogP contribution in [0.5, 0.6) is 0 Å². The lowest BCUT2D eigenvalue weighted by molar-refractivity contribution is -0.130. The summed E-state index contributed by atoms with van der Waals surface area (Å²) in [6.07, 6.45) is 5.55. The Balaban J connectivity index is 1.73. The van der Waals surface area contributed by atoms with E-state index in [4.69, 9.17) is 4.74 Å². The van der Waals surface area contributed by atoms with Crippen LogP contribution in [0.15, 0.2) is 0 Å². The molecule has 2 saturated heterocycles. The SMILES string of the molecule is O=S1(=O)CCC2OC3(CCCC3)CNC2C1. The quantitative estimate of drug-likeness (QED) is 0.674. The molecule has 0 aromatic rings. The molecule has 0 bridgehead atoms. The fourth-order valence-corrected chi connectivity index (χ4v) is 4.92. The Labute approximate surface area is 96.7 Å². The summed E-state index contributed by atoms with van der Waals surface area (Å²) in [6.45, 7) is 0.837. The molecule has 2 heterocycles. The van der Waals surface area contributed by atoms with Gasteiger partial charge in [0.15, 0.2) is 9.84 Å². The van der Waals surface area contributed by atoms with Gasteiger partial charge in [-0.05, 0) is 19.3 Å². The summed E-state index contributed by atoms with van der Waals surface area (Å²) in [4.78, 5) is 0. The second-order valence-corrected chi connectivity index (χ2v) is 7.67. The maximum atomic E-state index is 11.5. The third kappa shape index (κ3) is 1.89. The smallest absolute Gasteiger partial charge is 0.152 e. The van der Waals surface area contributed by atoms with Crippen LogP contribution in [0.3, 0.4) is 0 Å². The van der Waals surface area contributed by atoms with Gasteiger partial charge in [0.1, 0.15) is 0 Å². The zero-order chi connectivity index (χ0) is 11.2. The van der Waals surface area contributed by atoms with E-state index in [1.165, 1.54) is 12.8 Å². The summed E-state index contributed by atoms with van der Waals surface area (Å²) in [5, 5.41) is 3.41. The van der Waals surface area contributed by atoms with Crippen molar-refractivity contribution in [1.29, 1.82) is 0 Å². The largest absolute Gasteiger partial charge is 0.369 e. The third-order valence-corrected chi connectivity index (χ3v) is 5.92. The van der Waals surface area contributed by atoms with Gasteiger partial charge in [-0.1, -0.05) is 12.8 Å². The lowest BCUT2D eigenvalue weighted by Crippen LogP contribution is -2.62. The second-order valence-electron chi connectivity index (χ2n) is 5.44. The summed E-state index contributed by atoms with van der Waals surface area (Å²) in [6, 6.07) is 0.0324. The predicted molar refractivity (Wildman–Crippen MR) is 61.1 cm³/mol. The van der Waals surface area contributed by atoms with E-state index in [1.807, 2.05) is 0 Å². The third-order valence-electron chi connectivity index (χ3n) is 4.20. The van der Waals surface area contributed by atoms with Crippen molar-refractivity contribution in [3.05, 3.63) is 0 Å².